The van der Waals surface area contributed by atoms with Gasteiger partial charge in [-0.2, -0.15) is 0 Å². The van der Waals surface area contributed by atoms with Gasteiger partial charge in [-0.05, 0) is 23.6 Å². The fourth-order valence-corrected chi connectivity index (χ4v) is 1.46. The van der Waals surface area contributed by atoms with Crippen LogP contribution in [0.3, 0.4) is 0 Å². The van der Waals surface area contributed by atoms with E-state index in [4.69, 9.17) is 0 Å². The molecule has 1 aliphatic rings. The Morgan fingerprint density at radius 1 is 1.38 bits per heavy atom. The van der Waals surface area contributed by atoms with Crippen molar-refractivity contribution < 1.29 is 0 Å². The largest absolute Gasteiger partial charge is 0.378 e. The molecule has 68 valence electrons. The Balaban J connectivity index is 2.43. The summed E-state index contributed by atoms with van der Waals surface area (Å²) in [7, 11) is 0. The highest BCUT2D eigenvalue weighted by Crippen LogP contribution is 2.30. The van der Waals surface area contributed by atoms with E-state index in [0.717, 1.165) is 17.9 Å². The molecule has 1 N–H and O–H groups in total. The molecule has 0 aliphatic carbocycles. The molecule has 0 saturated carbocycles. The Hall–Kier alpha value is -1.31. The van der Waals surface area contributed by atoms with E-state index in [1.165, 1.54) is 5.56 Å². The number of aliphatic imine (C=N–C) groups is 1. The molecule has 0 saturated heterocycles. The van der Waals surface area contributed by atoms with Gasteiger partial charge in [-0.15, -0.1) is 0 Å². The fourth-order valence-electron chi connectivity index (χ4n) is 1.46. The Labute approximate surface area is 78.7 Å². The lowest BCUT2D eigenvalue weighted by atomic mass is 10.0. The number of nitrogens with one attached hydrogen (secondary N) is 1. The molecule has 0 amide bonds. The first-order chi connectivity index (χ1) is 6.27. The number of fused-ring (bicyclic) bond motifs is 1. The molecule has 2 heteroatoms. The van der Waals surface area contributed by atoms with Crippen molar-refractivity contribution in [3.63, 3.8) is 0 Å². The standard InChI is InChI=1S/C11H14N2/c1-8(2)9-3-4-10-11(7-9)13-6-5-12-10/h3-4,6-8,12H,5H2,1-2H3. The molecule has 0 bridgehead atoms. The first kappa shape index (κ1) is 8.30. The molecule has 2 rings (SSSR count). The van der Waals surface area contributed by atoms with Crippen LogP contribution in [0.5, 0.6) is 0 Å². The minimum Gasteiger partial charge on any atom is -0.378 e. The topological polar surface area (TPSA) is 24.4 Å². The summed E-state index contributed by atoms with van der Waals surface area (Å²) >= 11 is 0. The second-order valence-corrected chi connectivity index (χ2v) is 3.62. The van der Waals surface area contributed by atoms with Crippen molar-refractivity contribution in [2.75, 3.05) is 11.9 Å². The van der Waals surface area contributed by atoms with Crippen LogP contribution >= 0.6 is 0 Å². The van der Waals surface area contributed by atoms with Crippen LogP contribution in [0.25, 0.3) is 0 Å². The molecule has 0 atom stereocenters. The Morgan fingerprint density at radius 2 is 2.23 bits per heavy atom. The zero-order valence-electron chi connectivity index (χ0n) is 8.04. The van der Waals surface area contributed by atoms with Crippen LogP contribution in [0.1, 0.15) is 25.3 Å². The molecular weight excluding hydrogens is 160 g/mol. The Bertz CT molecular complexity index is 340. The van der Waals surface area contributed by atoms with Gasteiger partial charge in [0.2, 0.25) is 0 Å². The molecule has 1 aliphatic heterocycles. The molecule has 13 heavy (non-hydrogen) atoms. The minimum atomic E-state index is 0.572. The SMILES string of the molecule is CC(C)c1ccc2c(c1)N=CCN2. The van der Waals surface area contributed by atoms with Crippen LogP contribution < -0.4 is 5.32 Å². The average molecular weight is 174 g/mol. The maximum absolute atomic E-state index is 4.35. The predicted octanol–water partition coefficient (Wildman–Crippen LogP) is 2.94. The highest BCUT2D eigenvalue weighted by molar-refractivity contribution is 5.80. The van der Waals surface area contributed by atoms with Crippen molar-refractivity contribution in [3.05, 3.63) is 23.8 Å². The van der Waals surface area contributed by atoms with E-state index in [1.807, 2.05) is 6.21 Å². The molecule has 1 aromatic carbocycles. The van der Waals surface area contributed by atoms with Crippen LogP contribution in [0, 0.1) is 0 Å². The maximum Gasteiger partial charge on any atom is 0.0860 e. The molecule has 0 aromatic heterocycles. The number of nitrogens with zero attached hydrogens (tertiary/aromatic N) is 1. The number of benzene rings is 1. The summed E-state index contributed by atoms with van der Waals surface area (Å²) in [5, 5.41) is 3.28. The summed E-state index contributed by atoms with van der Waals surface area (Å²) in [6, 6.07) is 6.43. The lowest BCUT2D eigenvalue weighted by Gasteiger charge is -2.14. The monoisotopic (exact) mass is 174 g/mol. The van der Waals surface area contributed by atoms with E-state index in [2.05, 4.69) is 42.4 Å². The van der Waals surface area contributed by atoms with Crippen LogP contribution in [0.15, 0.2) is 23.2 Å². The van der Waals surface area contributed by atoms with Gasteiger partial charge in [-0.1, -0.05) is 19.9 Å². The van der Waals surface area contributed by atoms with Crippen molar-refractivity contribution in [1.82, 2.24) is 0 Å². The maximum atomic E-state index is 4.35. The lowest BCUT2D eigenvalue weighted by Crippen LogP contribution is -2.06. The van der Waals surface area contributed by atoms with Gasteiger partial charge in [-0.3, -0.25) is 4.99 Å². The molecule has 0 fully saturated rings. The van der Waals surface area contributed by atoms with Crippen LogP contribution in [0.2, 0.25) is 0 Å². The van der Waals surface area contributed by atoms with Gasteiger partial charge in [0.25, 0.3) is 0 Å². The van der Waals surface area contributed by atoms with Crippen molar-refractivity contribution in [2.45, 2.75) is 19.8 Å². The molecule has 2 nitrogen and oxygen atoms in total. The highest BCUT2D eigenvalue weighted by Gasteiger charge is 2.06. The van der Waals surface area contributed by atoms with Crippen LogP contribution in [0.4, 0.5) is 11.4 Å². The normalized spacial score (nSPS) is 14.1. The number of anilines is 1. The molecule has 1 aromatic rings. The van der Waals surface area contributed by atoms with E-state index in [0.29, 0.717) is 5.92 Å². The van der Waals surface area contributed by atoms with E-state index in [9.17, 15) is 0 Å². The Kier molecular flexibility index (Phi) is 2.05. The van der Waals surface area contributed by atoms with Crippen LogP contribution in [-0.4, -0.2) is 12.8 Å². The van der Waals surface area contributed by atoms with Crippen molar-refractivity contribution in [1.29, 1.82) is 0 Å². The van der Waals surface area contributed by atoms with E-state index in [-0.39, 0.29) is 0 Å². The quantitative estimate of drug-likeness (QED) is 0.695. The van der Waals surface area contributed by atoms with Crippen molar-refractivity contribution in [3.8, 4) is 0 Å². The van der Waals surface area contributed by atoms with Gasteiger partial charge in [0.05, 0.1) is 17.9 Å². The van der Waals surface area contributed by atoms with Crippen LogP contribution in [-0.2, 0) is 0 Å². The molecule has 0 unspecified atom stereocenters. The second kappa shape index (κ2) is 3.21. The highest BCUT2D eigenvalue weighted by atomic mass is 15.0. The zero-order valence-corrected chi connectivity index (χ0v) is 8.04. The lowest BCUT2D eigenvalue weighted by molar-refractivity contribution is 0.867. The number of hydrogen-bond acceptors (Lipinski definition) is 2. The third-order valence-corrected chi connectivity index (χ3v) is 2.30. The van der Waals surface area contributed by atoms with E-state index < -0.39 is 0 Å². The van der Waals surface area contributed by atoms with Gasteiger partial charge in [0.15, 0.2) is 0 Å². The van der Waals surface area contributed by atoms with Gasteiger partial charge in [0.1, 0.15) is 0 Å². The van der Waals surface area contributed by atoms with Gasteiger partial charge < -0.3 is 5.32 Å². The summed E-state index contributed by atoms with van der Waals surface area (Å²) in [6.45, 7) is 5.23. The number of rotatable bonds is 1. The second-order valence-electron chi connectivity index (χ2n) is 3.62. The van der Waals surface area contributed by atoms with Gasteiger partial charge in [-0.25, -0.2) is 0 Å². The van der Waals surface area contributed by atoms with Gasteiger partial charge in [0, 0.05) is 6.21 Å². The molecule has 1 heterocycles. The summed E-state index contributed by atoms with van der Waals surface area (Å²) in [4.78, 5) is 4.35. The third kappa shape index (κ3) is 1.57. The molecule has 0 spiro atoms. The Morgan fingerprint density at radius 3 is 3.00 bits per heavy atom. The zero-order chi connectivity index (χ0) is 9.26. The summed E-state index contributed by atoms with van der Waals surface area (Å²) in [5.41, 5.74) is 3.56. The van der Waals surface area contributed by atoms with Crippen molar-refractivity contribution in [2.24, 2.45) is 4.99 Å². The van der Waals surface area contributed by atoms with E-state index >= 15 is 0 Å². The summed E-state index contributed by atoms with van der Waals surface area (Å²) in [6.07, 6.45) is 1.91. The third-order valence-electron chi connectivity index (χ3n) is 2.30. The first-order valence-electron chi connectivity index (χ1n) is 4.68. The molecule has 0 radical (unpaired) electrons. The van der Waals surface area contributed by atoms with Crippen molar-refractivity contribution >= 4 is 17.6 Å². The fraction of sp³-hybridized carbons (Fsp3) is 0.364. The first-order valence-corrected chi connectivity index (χ1v) is 4.68. The van der Waals surface area contributed by atoms with Gasteiger partial charge >= 0.3 is 0 Å². The minimum absolute atomic E-state index is 0.572. The average Bonchev–Trinajstić information content (AvgIpc) is 2.17. The smallest absolute Gasteiger partial charge is 0.0860 e. The summed E-state index contributed by atoms with van der Waals surface area (Å²) < 4.78 is 0. The predicted molar refractivity (Wildman–Crippen MR) is 57.2 cm³/mol. The number of hydrogen-bond donors (Lipinski definition) is 1. The van der Waals surface area contributed by atoms with E-state index in [1.54, 1.807) is 0 Å². The summed E-state index contributed by atoms with van der Waals surface area (Å²) in [5.74, 6) is 0.572. The molecular formula is C11H14N2.